The Bertz CT molecular complexity index is 808. The summed E-state index contributed by atoms with van der Waals surface area (Å²) in [7, 11) is 0. The highest BCUT2D eigenvalue weighted by Crippen LogP contribution is 2.45. The third-order valence-electron chi connectivity index (χ3n) is 6.23. The summed E-state index contributed by atoms with van der Waals surface area (Å²) in [6.07, 6.45) is 8.14. The van der Waals surface area contributed by atoms with Crippen LogP contribution in [0.3, 0.4) is 0 Å². The van der Waals surface area contributed by atoms with E-state index < -0.39 is 5.67 Å². The third-order valence-corrected chi connectivity index (χ3v) is 6.23. The highest BCUT2D eigenvalue weighted by atomic mass is 19.1. The largest absolute Gasteiger partial charge is 0.466 e. The van der Waals surface area contributed by atoms with Crippen LogP contribution in [0.25, 0.3) is 11.3 Å². The number of rotatable bonds is 6. The van der Waals surface area contributed by atoms with Crippen LogP contribution >= 0.6 is 0 Å². The van der Waals surface area contributed by atoms with E-state index in [1.54, 1.807) is 0 Å². The number of aromatic nitrogens is 2. The minimum absolute atomic E-state index is 0.149. The Morgan fingerprint density at radius 2 is 2.11 bits per heavy atom. The van der Waals surface area contributed by atoms with E-state index in [-0.39, 0.29) is 17.9 Å². The number of carbonyl (C=O) groups excluding carboxylic acids is 1. The van der Waals surface area contributed by atoms with Crippen LogP contribution < -0.4 is 0 Å². The van der Waals surface area contributed by atoms with Gasteiger partial charge in [0.25, 0.3) is 0 Å². The highest BCUT2D eigenvalue weighted by molar-refractivity contribution is 5.69. The van der Waals surface area contributed by atoms with Gasteiger partial charge in [0, 0.05) is 12.0 Å². The topological polar surface area (TPSA) is 44.1 Å². The lowest BCUT2D eigenvalue weighted by atomic mass is 9.76. The van der Waals surface area contributed by atoms with Gasteiger partial charge in [-0.1, -0.05) is 24.3 Å². The molecule has 27 heavy (non-hydrogen) atoms. The number of esters is 1. The standard InChI is InChI=1S/C22H27FN2O2/c1-2-27-21(26)13-16-7-10-22(23,11-8-16)12-9-19-17-5-3-4-6-18(17)20-14-24-15-25(19)20/h3-6,14-16,19H,2,7-13H2,1H3. The minimum atomic E-state index is -1.12. The van der Waals surface area contributed by atoms with Gasteiger partial charge in [0.2, 0.25) is 0 Å². The lowest BCUT2D eigenvalue weighted by molar-refractivity contribution is -0.144. The van der Waals surface area contributed by atoms with Crippen LogP contribution in [0.15, 0.2) is 36.8 Å². The van der Waals surface area contributed by atoms with Crippen LogP contribution in [-0.2, 0) is 9.53 Å². The molecule has 5 heteroatoms. The van der Waals surface area contributed by atoms with Gasteiger partial charge < -0.3 is 9.30 Å². The van der Waals surface area contributed by atoms with E-state index in [2.05, 4.69) is 27.8 Å². The van der Waals surface area contributed by atoms with Crippen LogP contribution in [0.1, 0.15) is 63.5 Å². The summed E-state index contributed by atoms with van der Waals surface area (Å²) in [6, 6.07) is 8.53. The zero-order chi connectivity index (χ0) is 18.9. The van der Waals surface area contributed by atoms with Crippen molar-refractivity contribution in [2.24, 2.45) is 5.92 Å². The molecule has 1 aromatic carbocycles. The van der Waals surface area contributed by atoms with Crippen molar-refractivity contribution in [3.05, 3.63) is 42.4 Å². The first-order chi connectivity index (χ1) is 13.1. The first-order valence-corrected chi connectivity index (χ1v) is 10.1. The average Bonchev–Trinajstić information content (AvgIpc) is 3.24. The van der Waals surface area contributed by atoms with Gasteiger partial charge in [0.05, 0.1) is 30.9 Å². The summed E-state index contributed by atoms with van der Waals surface area (Å²) in [4.78, 5) is 15.9. The molecule has 1 aliphatic heterocycles. The molecule has 1 atom stereocenters. The van der Waals surface area contributed by atoms with Crippen LogP contribution in [0.4, 0.5) is 4.39 Å². The van der Waals surface area contributed by atoms with Crippen molar-refractivity contribution in [2.75, 3.05) is 6.61 Å². The predicted molar refractivity (Wildman–Crippen MR) is 102 cm³/mol. The van der Waals surface area contributed by atoms with E-state index in [1.165, 1.54) is 11.1 Å². The molecule has 144 valence electrons. The smallest absolute Gasteiger partial charge is 0.306 e. The van der Waals surface area contributed by atoms with Gasteiger partial charge in [-0.2, -0.15) is 0 Å². The molecule has 0 amide bonds. The summed E-state index contributed by atoms with van der Waals surface area (Å²) in [5.41, 5.74) is 2.49. The fourth-order valence-electron chi connectivity index (χ4n) is 4.73. The molecular formula is C22H27FN2O2. The second kappa shape index (κ2) is 7.45. The van der Waals surface area contributed by atoms with Gasteiger partial charge in [-0.3, -0.25) is 4.79 Å². The van der Waals surface area contributed by atoms with E-state index in [0.717, 1.165) is 25.0 Å². The maximum absolute atomic E-state index is 15.4. The first-order valence-electron chi connectivity index (χ1n) is 10.1. The van der Waals surface area contributed by atoms with Gasteiger partial charge in [-0.05, 0) is 56.9 Å². The average molecular weight is 370 g/mol. The summed E-state index contributed by atoms with van der Waals surface area (Å²) in [6.45, 7) is 2.23. The summed E-state index contributed by atoms with van der Waals surface area (Å²) < 4.78 is 22.6. The van der Waals surface area contributed by atoms with Crippen LogP contribution in [0, 0.1) is 5.92 Å². The van der Waals surface area contributed by atoms with Crippen LogP contribution in [-0.4, -0.2) is 27.8 Å². The molecule has 2 aliphatic rings. The third kappa shape index (κ3) is 3.64. The molecule has 4 nitrogen and oxygen atoms in total. The molecular weight excluding hydrogens is 343 g/mol. The van der Waals surface area contributed by atoms with Crippen molar-refractivity contribution in [2.45, 2.75) is 63.6 Å². The highest BCUT2D eigenvalue weighted by Gasteiger charge is 2.38. The Hall–Kier alpha value is -2.17. The Labute approximate surface area is 159 Å². The van der Waals surface area contributed by atoms with Crippen molar-refractivity contribution >= 4 is 5.97 Å². The van der Waals surface area contributed by atoms with Crippen LogP contribution in [0.2, 0.25) is 0 Å². The Morgan fingerprint density at radius 1 is 1.33 bits per heavy atom. The monoisotopic (exact) mass is 370 g/mol. The summed E-state index contributed by atoms with van der Waals surface area (Å²) in [5, 5.41) is 0. The van der Waals surface area contributed by atoms with Gasteiger partial charge in [-0.15, -0.1) is 0 Å². The van der Waals surface area contributed by atoms with Crippen molar-refractivity contribution in [3.63, 3.8) is 0 Å². The normalized spacial score (nSPS) is 26.4. The number of halogens is 1. The van der Waals surface area contributed by atoms with Gasteiger partial charge in [0.15, 0.2) is 0 Å². The maximum atomic E-state index is 15.4. The maximum Gasteiger partial charge on any atom is 0.306 e. The van der Waals surface area contributed by atoms with E-state index in [1.807, 2.05) is 25.5 Å². The lowest BCUT2D eigenvalue weighted by Crippen LogP contribution is -2.31. The molecule has 2 aromatic rings. The van der Waals surface area contributed by atoms with E-state index in [0.29, 0.717) is 32.3 Å². The number of ether oxygens (including phenoxy) is 1. The fourth-order valence-corrected chi connectivity index (χ4v) is 4.73. The van der Waals surface area contributed by atoms with E-state index >= 15 is 4.39 Å². The first kappa shape index (κ1) is 18.2. The number of carbonyl (C=O) groups is 1. The molecule has 0 bridgehead atoms. The molecule has 1 aliphatic carbocycles. The number of fused-ring (bicyclic) bond motifs is 3. The Balaban J connectivity index is 1.37. The van der Waals surface area contributed by atoms with E-state index in [4.69, 9.17) is 4.74 Å². The molecule has 4 rings (SSSR count). The lowest BCUT2D eigenvalue weighted by Gasteiger charge is -2.34. The second-order valence-corrected chi connectivity index (χ2v) is 7.93. The van der Waals surface area contributed by atoms with Crippen molar-refractivity contribution in [1.82, 2.24) is 9.55 Å². The molecule has 1 aromatic heterocycles. The molecule has 1 saturated carbocycles. The van der Waals surface area contributed by atoms with Crippen molar-refractivity contribution in [3.8, 4) is 11.3 Å². The van der Waals surface area contributed by atoms with Crippen LogP contribution in [0.5, 0.6) is 0 Å². The number of hydrogen-bond acceptors (Lipinski definition) is 3. The number of alkyl halides is 1. The summed E-state index contributed by atoms with van der Waals surface area (Å²) in [5.74, 6) is 0.115. The van der Waals surface area contributed by atoms with Crippen molar-refractivity contribution < 1.29 is 13.9 Å². The van der Waals surface area contributed by atoms with Gasteiger partial charge in [-0.25, -0.2) is 9.37 Å². The zero-order valence-corrected chi connectivity index (χ0v) is 15.9. The number of benzene rings is 1. The molecule has 1 fully saturated rings. The van der Waals surface area contributed by atoms with Crippen molar-refractivity contribution in [1.29, 1.82) is 0 Å². The second-order valence-electron chi connectivity index (χ2n) is 7.93. The van der Waals surface area contributed by atoms with Gasteiger partial charge >= 0.3 is 5.97 Å². The van der Waals surface area contributed by atoms with E-state index in [9.17, 15) is 4.79 Å². The van der Waals surface area contributed by atoms with Gasteiger partial charge in [0.1, 0.15) is 5.67 Å². The number of imidazole rings is 1. The molecule has 0 saturated heterocycles. The molecule has 0 spiro atoms. The zero-order valence-electron chi connectivity index (χ0n) is 15.9. The molecule has 0 N–H and O–H groups in total. The quantitative estimate of drug-likeness (QED) is 0.666. The fraction of sp³-hybridized carbons (Fsp3) is 0.545. The Morgan fingerprint density at radius 3 is 2.89 bits per heavy atom. The molecule has 1 unspecified atom stereocenters. The molecule has 2 heterocycles. The SMILES string of the molecule is CCOC(=O)CC1CCC(F)(CCC2c3ccccc3-c3cncn32)CC1. The number of nitrogens with zero attached hydrogens (tertiary/aromatic N) is 2. The minimum Gasteiger partial charge on any atom is -0.466 e. The number of hydrogen-bond donors (Lipinski definition) is 0. The summed E-state index contributed by atoms with van der Waals surface area (Å²) >= 11 is 0. The molecule has 0 radical (unpaired) electrons. The predicted octanol–water partition coefficient (Wildman–Crippen LogP) is 5.08. The Kier molecular flexibility index (Phi) is 5.02.